The molecule has 0 aliphatic carbocycles. The molecule has 1 heterocycles. The zero-order valence-corrected chi connectivity index (χ0v) is 8.08. The van der Waals surface area contributed by atoms with Gasteiger partial charge < -0.3 is 10.3 Å². The van der Waals surface area contributed by atoms with Crippen molar-refractivity contribution in [2.24, 2.45) is 12.8 Å². The molecule has 0 fully saturated rings. The number of hydrogen-bond donors (Lipinski definition) is 1. The van der Waals surface area contributed by atoms with Gasteiger partial charge in [0.15, 0.2) is 0 Å². The van der Waals surface area contributed by atoms with Crippen molar-refractivity contribution in [1.82, 2.24) is 9.55 Å². The van der Waals surface area contributed by atoms with Gasteiger partial charge in [0, 0.05) is 25.6 Å². The predicted molar refractivity (Wildman–Crippen MR) is 50.6 cm³/mol. The molecule has 0 radical (unpaired) electrons. The van der Waals surface area contributed by atoms with E-state index in [1.807, 2.05) is 0 Å². The molecule has 12 heavy (non-hydrogen) atoms. The lowest BCUT2D eigenvalue weighted by Crippen LogP contribution is -2.20. The van der Waals surface area contributed by atoms with E-state index in [2.05, 4.69) is 20.9 Å². The molecule has 0 spiro atoms. The summed E-state index contributed by atoms with van der Waals surface area (Å²) in [6.07, 6.45) is 4.42. The van der Waals surface area contributed by atoms with E-state index in [1.165, 1.54) is 10.8 Å². The first-order valence-corrected chi connectivity index (χ1v) is 4.05. The maximum atomic E-state index is 11.3. The van der Waals surface area contributed by atoms with Crippen molar-refractivity contribution >= 4 is 20.4 Å². The molecule has 2 N–H and O–H groups in total. The van der Waals surface area contributed by atoms with Gasteiger partial charge in [-0.2, -0.15) is 0 Å². The van der Waals surface area contributed by atoms with Crippen LogP contribution in [0.25, 0.3) is 4.48 Å². The highest BCUT2D eigenvalue weighted by atomic mass is 79.9. The molecule has 1 aromatic rings. The van der Waals surface area contributed by atoms with Crippen molar-refractivity contribution in [3.63, 3.8) is 0 Å². The van der Waals surface area contributed by atoms with Crippen molar-refractivity contribution in [1.29, 1.82) is 0 Å². The van der Waals surface area contributed by atoms with Gasteiger partial charge in [-0.15, -0.1) is 0 Å². The van der Waals surface area contributed by atoms with Crippen LogP contribution in [-0.4, -0.2) is 9.55 Å². The van der Waals surface area contributed by atoms with Gasteiger partial charge >= 0.3 is 0 Å². The zero-order chi connectivity index (χ0) is 9.14. The molecule has 5 heteroatoms. The molecule has 1 aromatic heterocycles. The fraction of sp³-hybridized carbons (Fsp3) is 0.143. The molecular formula is C7H8BrN3O. The third kappa shape index (κ3) is 1.55. The minimum absolute atomic E-state index is 0.175. The first-order valence-electron chi connectivity index (χ1n) is 3.26. The molecule has 0 saturated carbocycles. The van der Waals surface area contributed by atoms with E-state index in [-0.39, 0.29) is 5.56 Å². The summed E-state index contributed by atoms with van der Waals surface area (Å²) in [6, 6.07) is 0. The normalized spacial score (nSPS) is 11.7. The summed E-state index contributed by atoms with van der Waals surface area (Å²) in [5, 5.41) is 0. The average molecular weight is 230 g/mol. The van der Waals surface area contributed by atoms with Crippen molar-refractivity contribution in [3.8, 4) is 0 Å². The van der Waals surface area contributed by atoms with Gasteiger partial charge in [0.1, 0.15) is 5.69 Å². The highest BCUT2D eigenvalue weighted by Gasteiger charge is 2.04. The van der Waals surface area contributed by atoms with Crippen LogP contribution in [-0.2, 0) is 7.05 Å². The van der Waals surface area contributed by atoms with Crippen molar-refractivity contribution in [2.75, 3.05) is 0 Å². The summed E-state index contributed by atoms with van der Waals surface area (Å²) in [6.45, 7) is 0. The minimum Gasteiger partial charge on any atom is -0.404 e. The molecule has 0 aliphatic heterocycles. The molecule has 64 valence electrons. The van der Waals surface area contributed by atoms with E-state index in [9.17, 15) is 4.79 Å². The summed E-state index contributed by atoms with van der Waals surface area (Å²) in [7, 11) is 1.66. The molecule has 0 amide bonds. The van der Waals surface area contributed by atoms with Gasteiger partial charge in [0.25, 0.3) is 5.56 Å². The summed E-state index contributed by atoms with van der Waals surface area (Å²) in [5.41, 5.74) is 5.37. The SMILES string of the molecule is Cn1ccnc(/C(Br)=C\N)c1=O. The van der Waals surface area contributed by atoms with Crippen molar-refractivity contribution in [3.05, 3.63) is 34.6 Å². The van der Waals surface area contributed by atoms with Crippen LogP contribution >= 0.6 is 15.9 Å². The van der Waals surface area contributed by atoms with Gasteiger partial charge in [-0.25, -0.2) is 4.98 Å². The third-order valence-corrected chi connectivity index (χ3v) is 2.03. The molecule has 0 bridgehead atoms. The van der Waals surface area contributed by atoms with E-state index < -0.39 is 0 Å². The molecule has 1 rings (SSSR count). The quantitative estimate of drug-likeness (QED) is 0.761. The van der Waals surface area contributed by atoms with Crippen LogP contribution in [0.2, 0.25) is 0 Å². The number of nitrogens with zero attached hydrogens (tertiary/aromatic N) is 2. The predicted octanol–water partition coefficient (Wildman–Crippen LogP) is 0.432. The fourth-order valence-electron chi connectivity index (χ4n) is 0.741. The Morgan fingerprint density at radius 2 is 2.50 bits per heavy atom. The van der Waals surface area contributed by atoms with E-state index in [1.54, 1.807) is 19.4 Å². The monoisotopic (exact) mass is 229 g/mol. The molecule has 0 aliphatic rings. The summed E-state index contributed by atoms with van der Waals surface area (Å²) in [4.78, 5) is 15.2. The Labute approximate surface area is 77.9 Å². The van der Waals surface area contributed by atoms with Crippen LogP contribution in [0.3, 0.4) is 0 Å². The summed E-state index contributed by atoms with van der Waals surface area (Å²) >= 11 is 3.13. The Kier molecular flexibility index (Phi) is 2.65. The summed E-state index contributed by atoms with van der Waals surface area (Å²) in [5.74, 6) is 0. The zero-order valence-electron chi connectivity index (χ0n) is 6.49. The topological polar surface area (TPSA) is 60.9 Å². The lowest BCUT2D eigenvalue weighted by atomic mass is 10.4. The van der Waals surface area contributed by atoms with Gasteiger partial charge in [0.2, 0.25) is 0 Å². The van der Waals surface area contributed by atoms with Crippen LogP contribution in [0.5, 0.6) is 0 Å². The van der Waals surface area contributed by atoms with E-state index >= 15 is 0 Å². The van der Waals surface area contributed by atoms with Crippen LogP contribution in [0.1, 0.15) is 5.69 Å². The number of aryl methyl sites for hydroxylation is 1. The summed E-state index contributed by atoms with van der Waals surface area (Å²) < 4.78 is 1.94. The molecule has 4 nitrogen and oxygen atoms in total. The van der Waals surface area contributed by atoms with Gasteiger partial charge in [-0.05, 0) is 15.9 Å². The van der Waals surface area contributed by atoms with Gasteiger partial charge in [-0.1, -0.05) is 0 Å². The number of halogens is 1. The van der Waals surface area contributed by atoms with Crippen LogP contribution < -0.4 is 11.3 Å². The lowest BCUT2D eigenvalue weighted by Gasteiger charge is -1.99. The Balaban J connectivity index is 3.36. The van der Waals surface area contributed by atoms with E-state index in [4.69, 9.17) is 5.73 Å². The molecular weight excluding hydrogens is 222 g/mol. The Morgan fingerprint density at radius 1 is 1.83 bits per heavy atom. The Bertz CT molecular complexity index is 369. The highest BCUT2D eigenvalue weighted by Crippen LogP contribution is 2.12. The van der Waals surface area contributed by atoms with E-state index in [0.29, 0.717) is 10.2 Å². The Hall–Kier alpha value is -1.10. The number of aromatic nitrogens is 2. The molecule has 0 aromatic carbocycles. The smallest absolute Gasteiger partial charge is 0.277 e. The average Bonchev–Trinajstić information content (AvgIpc) is 2.08. The largest absolute Gasteiger partial charge is 0.404 e. The minimum atomic E-state index is -0.175. The molecule has 0 unspecified atom stereocenters. The van der Waals surface area contributed by atoms with Crippen LogP contribution in [0.4, 0.5) is 0 Å². The maximum absolute atomic E-state index is 11.3. The number of hydrogen-bond acceptors (Lipinski definition) is 3. The van der Waals surface area contributed by atoms with Gasteiger partial charge in [-0.3, -0.25) is 4.79 Å². The second kappa shape index (κ2) is 3.53. The third-order valence-electron chi connectivity index (χ3n) is 1.39. The van der Waals surface area contributed by atoms with Crippen LogP contribution in [0, 0.1) is 0 Å². The van der Waals surface area contributed by atoms with Crippen molar-refractivity contribution in [2.45, 2.75) is 0 Å². The second-order valence-corrected chi connectivity index (χ2v) is 3.06. The van der Waals surface area contributed by atoms with Crippen molar-refractivity contribution < 1.29 is 0 Å². The number of nitrogens with two attached hydrogens (primary N) is 1. The first-order chi connectivity index (χ1) is 5.66. The standard InChI is InChI=1S/C7H8BrN3O/c1-11-3-2-10-6(7(11)12)5(8)4-9/h2-4H,9H2,1H3/b5-4+. The van der Waals surface area contributed by atoms with Crippen LogP contribution in [0.15, 0.2) is 23.4 Å². The lowest BCUT2D eigenvalue weighted by molar-refractivity contribution is 0.835. The highest BCUT2D eigenvalue weighted by molar-refractivity contribution is 9.15. The van der Waals surface area contributed by atoms with Gasteiger partial charge in [0.05, 0.1) is 4.48 Å². The number of rotatable bonds is 1. The van der Waals surface area contributed by atoms with E-state index in [0.717, 1.165) is 0 Å². The Morgan fingerprint density at radius 3 is 3.08 bits per heavy atom. The maximum Gasteiger partial charge on any atom is 0.277 e. The molecule has 0 atom stereocenters. The molecule has 0 saturated heterocycles. The first kappa shape index (κ1) is 8.99. The fourth-order valence-corrected chi connectivity index (χ4v) is 1.01. The second-order valence-electron chi connectivity index (χ2n) is 2.21.